The zero-order chi connectivity index (χ0) is 14.9. The number of rotatable bonds is 3. The molecule has 2 rings (SSSR count). The molecule has 3 nitrogen and oxygen atoms in total. The number of carbonyl (C=O) groups is 2. The van der Waals surface area contributed by atoms with Crippen molar-refractivity contribution in [1.82, 2.24) is 4.90 Å². The highest BCUT2D eigenvalue weighted by molar-refractivity contribution is 6.00. The number of likely N-dealkylation sites (tertiary alicyclic amines) is 1. The summed E-state index contributed by atoms with van der Waals surface area (Å²) in [5.41, 5.74) is 0.716. The van der Waals surface area contributed by atoms with Gasteiger partial charge in [0.15, 0.2) is 0 Å². The van der Waals surface area contributed by atoms with Crippen molar-refractivity contribution in [3.05, 3.63) is 35.9 Å². The summed E-state index contributed by atoms with van der Waals surface area (Å²) in [4.78, 5) is 26.4. The lowest BCUT2D eigenvalue weighted by molar-refractivity contribution is -0.148. The zero-order valence-corrected chi connectivity index (χ0v) is 12.7. The highest BCUT2D eigenvalue weighted by Gasteiger charge is 2.46. The molecule has 0 aromatic heterocycles. The standard InChI is InChI=1S/C17H23NO2/c1-12(10-14-8-6-5-7-9-14)15(19)18-13(2)11-17(3,4)16(18)20/h5-9,12-13H,10-11H2,1-4H3/t12-,13+/m0/s1. The SMILES string of the molecule is C[C@@H]1CC(C)(C)C(=O)N1C(=O)[C@@H](C)Cc1ccccc1. The van der Waals surface area contributed by atoms with Gasteiger partial charge in [-0.3, -0.25) is 14.5 Å². The van der Waals surface area contributed by atoms with Crippen molar-refractivity contribution in [2.45, 2.75) is 46.6 Å². The van der Waals surface area contributed by atoms with Crippen LogP contribution in [0.3, 0.4) is 0 Å². The molecule has 3 heteroatoms. The van der Waals surface area contributed by atoms with E-state index in [0.717, 1.165) is 12.0 Å². The summed E-state index contributed by atoms with van der Waals surface area (Å²) < 4.78 is 0. The molecule has 2 amide bonds. The maximum absolute atomic E-state index is 12.6. The highest BCUT2D eigenvalue weighted by atomic mass is 16.2. The van der Waals surface area contributed by atoms with Crippen LogP contribution in [0.4, 0.5) is 0 Å². The Balaban J connectivity index is 2.09. The topological polar surface area (TPSA) is 37.4 Å². The second-order valence-corrected chi connectivity index (χ2v) is 6.54. The van der Waals surface area contributed by atoms with Gasteiger partial charge in [-0.2, -0.15) is 0 Å². The van der Waals surface area contributed by atoms with Gasteiger partial charge in [-0.05, 0) is 25.3 Å². The normalized spacial score (nSPS) is 22.9. The third kappa shape index (κ3) is 2.77. The van der Waals surface area contributed by atoms with E-state index >= 15 is 0 Å². The number of hydrogen-bond donors (Lipinski definition) is 0. The lowest BCUT2D eigenvalue weighted by atomic mass is 9.90. The number of hydrogen-bond acceptors (Lipinski definition) is 2. The summed E-state index contributed by atoms with van der Waals surface area (Å²) in [5, 5.41) is 0. The second-order valence-electron chi connectivity index (χ2n) is 6.54. The Kier molecular flexibility index (Phi) is 3.98. The van der Waals surface area contributed by atoms with Crippen LogP contribution in [0.5, 0.6) is 0 Å². The summed E-state index contributed by atoms with van der Waals surface area (Å²) in [6, 6.07) is 9.94. The van der Waals surface area contributed by atoms with Crippen LogP contribution in [0.25, 0.3) is 0 Å². The van der Waals surface area contributed by atoms with Crippen LogP contribution in [0.1, 0.15) is 39.7 Å². The molecule has 1 saturated heterocycles. The molecule has 2 atom stereocenters. The fraction of sp³-hybridized carbons (Fsp3) is 0.529. The molecule has 1 aromatic rings. The van der Waals surface area contributed by atoms with Gasteiger partial charge in [0.05, 0.1) is 0 Å². The zero-order valence-electron chi connectivity index (χ0n) is 12.7. The van der Waals surface area contributed by atoms with Crippen molar-refractivity contribution in [3.63, 3.8) is 0 Å². The molecule has 0 aliphatic carbocycles. The van der Waals surface area contributed by atoms with Gasteiger partial charge >= 0.3 is 0 Å². The van der Waals surface area contributed by atoms with E-state index in [-0.39, 0.29) is 23.8 Å². The minimum atomic E-state index is -0.415. The van der Waals surface area contributed by atoms with E-state index in [1.807, 2.05) is 58.0 Å². The molecule has 0 bridgehead atoms. The molecule has 0 spiro atoms. The van der Waals surface area contributed by atoms with Gasteiger partial charge in [0.1, 0.15) is 0 Å². The predicted octanol–water partition coefficient (Wildman–Crippen LogP) is 3.04. The third-order valence-electron chi connectivity index (χ3n) is 4.09. The summed E-state index contributed by atoms with van der Waals surface area (Å²) in [5.74, 6) is -0.246. The molecule has 1 aliphatic heterocycles. The maximum Gasteiger partial charge on any atom is 0.235 e. The number of imide groups is 1. The Morgan fingerprint density at radius 3 is 2.45 bits per heavy atom. The van der Waals surface area contributed by atoms with Crippen molar-refractivity contribution in [2.75, 3.05) is 0 Å². The molecule has 1 aliphatic rings. The average Bonchev–Trinajstić information content (AvgIpc) is 2.58. The third-order valence-corrected chi connectivity index (χ3v) is 4.09. The van der Waals surface area contributed by atoms with Gasteiger partial charge in [0, 0.05) is 17.4 Å². The van der Waals surface area contributed by atoms with Crippen molar-refractivity contribution in [2.24, 2.45) is 11.3 Å². The first kappa shape index (κ1) is 14.8. The minimum Gasteiger partial charge on any atom is -0.279 e. The fourth-order valence-corrected chi connectivity index (χ4v) is 3.05. The van der Waals surface area contributed by atoms with Gasteiger partial charge in [-0.15, -0.1) is 0 Å². The summed E-state index contributed by atoms with van der Waals surface area (Å²) in [6.07, 6.45) is 1.42. The first-order valence-electron chi connectivity index (χ1n) is 7.24. The molecule has 0 radical (unpaired) electrons. The maximum atomic E-state index is 12.6. The number of benzene rings is 1. The molecule has 108 valence electrons. The largest absolute Gasteiger partial charge is 0.279 e. The van der Waals surface area contributed by atoms with E-state index in [1.54, 1.807) is 0 Å². The molecule has 1 heterocycles. The van der Waals surface area contributed by atoms with Crippen LogP contribution in [0.15, 0.2) is 30.3 Å². The van der Waals surface area contributed by atoms with Crippen LogP contribution in [-0.4, -0.2) is 22.8 Å². The van der Waals surface area contributed by atoms with E-state index in [1.165, 1.54) is 4.90 Å². The van der Waals surface area contributed by atoms with Crippen LogP contribution in [-0.2, 0) is 16.0 Å². The Hall–Kier alpha value is -1.64. The van der Waals surface area contributed by atoms with Crippen molar-refractivity contribution >= 4 is 11.8 Å². The van der Waals surface area contributed by atoms with E-state index < -0.39 is 5.41 Å². The number of nitrogens with zero attached hydrogens (tertiary/aromatic N) is 1. The van der Waals surface area contributed by atoms with Crippen molar-refractivity contribution in [1.29, 1.82) is 0 Å². The minimum absolute atomic E-state index is 0.00298. The van der Waals surface area contributed by atoms with Crippen molar-refractivity contribution < 1.29 is 9.59 Å². The van der Waals surface area contributed by atoms with E-state index in [2.05, 4.69) is 0 Å². The predicted molar refractivity (Wildman–Crippen MR) is 79.0 cm³/mol. The molecule has 0 N–H and O–H groups in total. The van der Waals surface area contributed by atoms with Gasteiger partial charge < -0.3 is 0 Å². The molecular weight excluding hydrogens is 250 g/mol. The van der Waals surface area contributed by atoms with Crippen LogP contribution < -0.4 is 0 Å². The Morgan fingerprint density at radius 1 is 1.35 bits per heavy atom. The quantitative estimate of drug-likeness (QED) is 0.849. The Morgan fingerprint density at radius 2 is 1.95 bits per heavy atom. The smallest absolute Gasteiger partial charge is 0.235 e. The molecule has 1 aromatic carbocycles. The molecule has 0 saturated carbocycles. The highest BCUT2D eigenvalue weighted by Crippen LogP contribution is 2.36. The van der Waals surface area contributed by atoms with Crippen LogP contribution in [0.2, 0.25) is 0 Å². The van der Waals surface area contributed by atoms with E-state index in [9.17, 15) is 9.59 Å². The second kappa shape index (κ2) is 5.39. The summed E-state index contributed by atoms with van der Waals surface area (Å²) in [7, 11) is 0. The average molecular weight is 273 g/mol. The number of amides is 2. The summed E-state index contributed by atoms with van der Waals surface area (Å²) >= 11 is 0. The molecular formula is C17H23NO2. The van der Waals surface area contributed by atoms with Gasteiger partial charge in [0.2, 0.25) is 11.8 Å². The van der Waals surface area contributed by atoms with Crippen LogP contribution in [0, 0.1) is 11.3 Å². The number of carbonyl (C=O) groups excluding carboxylic acids is 2. The lowest BCUT2D eigenvalue weighted by Gasteiger charge is -2.24. The van der Waals surface area contributed by atoms with Gasteiger partial charge in [-0.25, -0.2) is 0 Å². The van der Waals surface area contributed by atoms with Gasteiger partial charge in [0.25, 0.3) is 0 Å². The van der Waals surface area contributed by atoms with Gasteiger partial charge in [-0.1, -0.05) is 51.1 Å². The Labute approximate surface area is 121 Å². The molecule has 0 unspecified atom stereocenters. The van der Waals surface area contributed by atoms with Crippen LogP contribution >= 0.6 is 0 Å². The van der Waals surface area contributed by atoms with E-state index in [0.29, 0.717) is 6.42 Å². The first-order chi connectivity index (χ1) is 9.33. The monoisotopic (exact) mass is 273 g/mol. The lowest BCUT2D eigenvalue weighted by Crippen LogP contribution is -2.42. The Bertz CT molecular complexity index is 507. The van der Waals surface area contributed by atoms with E-state index in [4.69, 9.17) is 0 Å². The summed E-state index contributed by atoms with van der Waals surface area (Å²) in [6.45, 7) is 7.70. The first-order valence-corrected chi connectivity index (χ1v) is 7.24. The molecule has 20 heavy (non-hydrogen) atoms. The molecule has 1 fully saturated rings. The fourth-order valence-electron chi connectivity index (χ4n) is 3.05. The van der Waals surface area contributed by atoms with Crippen molar-refractivity contribution in [3.8, 4) is 0 Å².